The van der Waals surface area contributed by atoms with E-state index in [2.05, 4.69) is 21.2 Å². The number of nitrogens with zero attached hydrogens (tertiary/aromatic N) is 1. The maximum Gasteiger partial charge on any atom is 0.241 e. The van der Waals surface area contributed by atoms with Crippen LogP contribution in [0.25, 0.3) is 0 Å². The fourth-order valence-corrected chi connectivity index (χ4v) is 3.26. The molecule has 0 spiro atoms. The monoisotopic (exact) mass is 378 g/mol. The van der Waals surface area contributed by atoms with Gasteiger partial charge in [0.15, 0.2) is 0 Å². The summed E-state index contributed by atoms with van der Waals surface area (Å²) in [5.74, 6) is -0.388. The number of ether oxygens (including phenoxy) is 1. The van der Waals surface area contributed by atoms with Gasteiger partial charge in [0, 0.05) is 17.6 Å². The minimum Gasteiger partial charge on any atom is -0.383 e. The van der Waals surface area contributed by atoms with Crippen molar-refractivity contribution in [3.8, 4) is 0 Å². The Morgan fingerprint density at radius 2 is 2.05 bits per heavy atom. The lowest BCUT2D eigenvalue weighted by atomic mass is 10.3. The molecule has 1 N–H and O–H groups in total. The van der Waals surface area contributed by atoms with Crippen molar-refractivity contribution in [1.82, 2.24) is 5.32 Å². The zero-order valence-corrected chi connectivity index (χ0v) is 14.6. The molecule has 1 rings (SSSR count). The van der Waals surface area contributed by atoms with Gasteiger partial charge in [-0.3, -0.25) is 9.10 Å². The summed E-state index contributed by atoms with van der Waals surface area (Å²) >= 11 is 3.30. The molecular formula is C13H19BrN2O4S. The topological polar surface area (TPSA) is 75.7 Å². The van der Waals surface area contributed by atoms with Crippen LogP contribution in [0.4, 0.5) is 5.69 Å². The van der Waals surface area contributed by atoms with E-state index in [9.17, 15) is 13.2 Å². The van der Waals surface area contributed by atoms with Crippen molar-refractivity contribution in [3.63, 3.8) is 0 Å². The molecule has 0 fully saturated rings. The summed E-state index contributed by atoms with van der Waals surface area (Å²) in [6.07, 6.45) is 1.07. The van der Waals surface area contributed by atoms with E-state index in [1.807, 2.05) is 0 Å². The molecule has 0 saturated heterocycles. The summed E-state index contributed by atoms with van der Waals surface area (Å²) < 4.78 is 30.5. The highest BCUT2D eigenvalue weighted by atomic mass is 79.9. The number of halogens is 1. The van der Waals surface area contributed by atoms with Crippen LogP contribution in [0.1, 0.15) is 6.92 Å². The Bertz CT molecular complexity index is 592. The fraction of sp³-hybridized carbons (Fsp3) is 0.462. The lowest BCUT2D eigenvalue weighted by Gasteiger charge is -2.24. The van der Waals surface area contributed by atoms with Crippen molar-refractivity contribution in [2.75, 3.05) is 30.8 Å². The quantitative estimate of drug-likeness (QED) is 0.777. The van der Waals surface area contributed by atoms with Crippen molar-refractivity contribution in [3.05, 3.63) is 28.7 Å². The van der Waals surface area contributed by atoms with Gasteiger partial charge in [0.2, 0.25) is 15.9 Å². The molecule has 6 nitrogen and oxygen atoms in total. The predicted molar refractivity (Wildman–Crippen MR) is 85.8 cm³/mol. The van der Waals surface area contributed by atoms with Crippen molar-refractivity contribution >= 4 is 37.5 Å². The van der Waals surface area contributed by atoms with Crippen molar-refractivity contribution < 1.29 is 17.9 Å². The second kappa shape index (κ2) is 7.77. The molecule has 0 aliphatic heterocycles. The van der Waals surface area contributed by atoms with Crippen LogP contribution >= 0.6 is 15.9 Å². The first-order chi connectivity index (χ1) is 9.75. The van der Waals surface area contributed by atoms with Gasteiger partial charge in [0.25, 0.3) is 0 Å². The van der Waals surface area contributed by atoms with E-state index >= 15 is 0 Å². The van der Waals surface area contributed by atoms with Crippen LogP contribution in [0, 0.1) is 0 Å². The molecule has 0 unspecified atom stereocenters. The first-order valence-corrected chi connectivity index (χ1v) is 8.90. The van der Waals surface area contributed by atoms with Crippen LogP contribution in [-0.4, -0.2) is 46.9 Å². The molecule has 0 radical (unpaired) electrons. The van der Waals surface area contributed by atoms with Gasteiger partial charge in [-0.05, 0) is 35.0 Å². The third-order valence-electron chi connectivity index (χ3n) is 2.63. The largest absolute Gasteiger partial charge is 0.383 e. The first kappa shape index (κ1) is 17.9. The van der Waals surface area contributed by atoms with Gasteiger partial charge in [0.1, 0.15) is 6.54 Å². The van der Waals surface area contributed by atoms with Crippen LogP contribution < -0.4 is 9.62 Å². The van der Waals surface area contributed by atoms with Crippen LogP contribution in [0.2, 0.25) is 0 Å². The van der Waals surface area contributed by atoms with Crippen LogP contribution in [0.5, 0.6) is 0 Å². The average Bonchev–Trinajstić information content (AvgIpc) is 2.36. The highest BCUT2D eigenvalue weighted by Crippen LogP contribution is 2.27. The Morgan fingerprint density at radius 3 is 2.57 bits per heavy atom. The SMILES string of the molecule is COC[C@H](C)NC(=O)CN(c1ccccc1Br)S(C)(=O)=O. The predicted octanol–water partition coefficient (Wildman–Crippen LogP) is 1.37. The minimum atomic E-state index is -3.57. The normalized spacial score (nSPS) is 12.8. The third-order valence-corrected chi connectivity index (χ3v) is 4.43. The zero-order valence-electron chi connectivity index (χ0n) is 12.2. The number of amides is 1. The number of carbonyl (C=O) groups excluding carboxylic acids is 1. The number of para-hydroxylation sites is 1. The Labute approximate surface area is 133 Å². The number of anilines is 1. The lowest BCUT2D eigenvalue weighted by Crippen LogP contribution is -2.44. The summed E-state index contributed by atoms with van der Waals surface area (Å²) in [6, 6.07) is 6.65. The molecule has 118 valence electrons. The van der Waals surface area contributed by atoms with Crippen molar-refractivity contribution in [2.45, 2.75) is 13.0 Å². The molecule has 0 aromatic heterocycles. The van der Waals surface area contributed by atoms with Crippen LogP contribution in [-0.2, 0) is 19.6 Å². The first-order valence-electron chi connectivity index (χ1n) is 6.26. The lowest BCUT2D eigenvalue weighted by molar-refractivity contribution is -0.120. The molecule has 1 atom stereocenters. The van der Waals surface area contributed by atoms with Gasteiger partial charge in [-0.1, -0.05) is 12.1 Å². The van der Waals surface area contributed by atoms with Gasteiger partial charge in [-0.2, -0.15) is 0 Å². The number of nitrogens with one attached hydrogen (secondary N) is 1. The number of carbonyl (C=O) groups is 1. The molecule has 0 aliphatic rings. The zero-order chi connectivity index (χ0) is 16.0. The van der Waals surface area contributed by atoms with E-state index in [1.165, 1.54) is 7.11 Å². The van der Waals surface area contributed by atoms with Gasteiger partial charge >= 0.3 is 0 Å². The van der Waals surface area contributed by atoms with E-state index < -0.39 is 10.0 Å². The highest BCUT2D eigenvalue weighted by Gasteiger charge is 2.23. The average molecular weight is 379 g/mol. The fourth-order valence-electron chi connectivity index (χ4n) is 1.78. The van der Waals surface area contributed by atoms with E-state index in [-0.39, 0.29) is 18.5 Å². The molecule has 0 heterocycles. The van der Waals surface area contributed by atoms with Gasteiger partial charge < -0.3 is 10.1 Å². The van der Waals surface area contributed by atoms with Crippen molar-refractivity contribution in [1.29, 1.82) is 0 Å². The molecule has 8 heteroatoms. The summed E-state index contributed by atoms with van der Waals surface area (Å²) in [5, 5.41) is 2.69. The molecule has 0 bridgehead atoms. The molecule has 0 aliphatic carbocycles. The number of benzene rings is 1. The Hall–Kier alpha value is -1.12. The summed E-state index contributed by atoms with van der Waals surface area (Å²) in [6.45, 7) is 1.86. The maximum atomic E-state index is 12.0. The summed E-state index contributed by atoms with van der Waals surface area (Å²) in [4.78, 5) is 12.0. The van der Waals surface area contributed by atoms with Gasteiger partial charge in [-0.25, -0.2) is 8.42 Å². The number of rotatable bonds is 7. The molecule has 1 aromatic rings. The maximum absolute atomic E-state index is 12.0. The minimum absolute atomic E-state index is 0.192. The van der Waals surface area contributed by atoms with Crippen LogP contribution in [0.15, 0.2) is 28.7 Å². The summed E-state index contributed by atoms with van der Waals surface area (Å²) in [7, 11) is -2.04. The Kier molecular flexibility index (Phi) is 6.63. The van der Waals surface area contributed by atoms with E-state index in [0.29, 0.717) is 16.8 Å². The Morgan fingerprint density at radius 1 is 1.43 bits per heavy atom. The molecule has 1 aromatic carbocycles. The number of hydrogen-bond acceptors (Lipinski definition) is 4. The Balaban J connectivity index is 2.92. The molecule has 1 amide bonds. The number of sulfonamides is 1. The number of hydrogen-bond donors (Lipinski definition) is 1. The van der Waals surface area contributed by atoms with E-state index in [0.717, 1.165) is 10.6 Å². The smallest absolute Gasteiger partial charge is 0.241 e. The van der Waals surface area contributed by atoms with Gasteiger partial charge in [-0.15, -0.1) is 0 Å². The van der Waals surface area contributed by atoms with Crippen molar-refractivity contribution in [2.24, 2.45) is 0 Å². The second-order valence-corrected chi connectivity index (χ2v) is 7.41. The molecular weight excluding hydrogens is 360 g/mol. The molecule has 0 saturated carbocycles. The number of methoxy groups -OCH3 is 1. The summed E-state index contributed by atoms with van der Waals surface area (Å²) in [5.41, 5.74) is 0.426. The van der Waals surface area contributed by atoms with Crippen LogP contribution in [0.3, 0.4) is 0 Å². The van der Waals surface area contributed by atoms with E-state index in [4.69, 9.17) is 4.74 Å². The highest BCUT2D eigenvalue weighted by molar-refractivity contribution is 9.10. The second-order valence-electron chi connectivity index (χ2n) is 4.64. The van der Waals surface area contributed by atoms with E-state index in [1.54, 1.807) is 31.2 Å². The third kappa shape index (κ3) is 5.64. The molecule has 21 heavy (non-hydrogen) atoms. The standard InChI is InChI=1S/C13H19BrN2O4S/c1-10(9-20-2)15-13(17)8-16(21(3,18)19)12-7-5-4-6-11(12)14/h4-7,10H,8-9H2,1-3H3,(H,15,17)/t10-/m0/s1. The van der Waals surface area contributed by atoms with Gasteiger partial charge in [0.05, 0.1) is 18.6 Å².